The molecule has 3 heterocycles. The van der Waals surface area contributed by atoms with Crippen LogP contribution in [-0.2, 0) is 4.79 Å². The highest BCUT2D eigenvalue weighted by molar-refractivity contribution is 6.02. The molecule has 148 valence electrons. The lowest BCUT2D eigenvalue weighted by Gasteiger charge is -2.32. The number of carbonyl (C=O) groups is 2. The van der Waals surface area contributed by atoms with E-state index in [1.807, 2.05) is 42.1 Å². The molecule has 28 heavy (non-hydrogen) atoms. The number of hydrogen-bond acceptors (Lipinski definition) is 4. The molecule has 2 amide bonds. The van der Waals surface area contributed by atoms with Gasteiger partial charge in [-0.15, -0.1) is 0 Å². The van der Waals surface area contributed by atoms with E-state index in [-0.39, 0.29) is 17.9 Å². The van der Waals surface area contributed by atoms with Gasteiger partial charge >= 0.3 is 0 Å². The summed E-state index contributed by atoms with van der Waals surface area (Å²) in [6.07, 6.45) is 5.53. The fraction of sp³-hybridized carbons (Fsp3) is 0.476. The van der Waals surface area contributed by atoms with Crippen LogP contribution in [0.2, 0.25) is 0 Å². The summed E-state index contributed by atoms with van der Waals surface area (Å²) >= 11 is 0. The van der Waals surface area contributed by atoms with Gasteiger partial charge in [-0.2, -0.15) is 5.10 Å². The maximum absolute atomic E-state index is 12.9. The fourth-order valence-corrected chi connectivity index (χ4v) is 3.94. The minimum atomic E-state index is -0.510. The van der Waals surface area contributed by atoms with Gasteiger partial charge in [0.1, 0.15) is 11.7 Å². The van der Waals surface area contributed by atoms with E-state index in [4.69, 9.17) is 0 Å². The SMILES string of the molecule is Cc1ccc(N2CCCC(NC(=O)c3ccn(C4CCCNC4)n3)C2=O)cc1. The molecule has 2 aromatic rings. The maximum Gasteiger partial charge on any atom is 0.272 e. The highest BCUT2D eigenvalue weighted by Crippen LogP contribution is 2.22. The summed E-state index contributed by atoms with van der Waals surface area (Å²) in [7, 11) is 0. The summed E-state index contributed by atoms with van der Waals surface area (Å²) in [5.41, 5.74) is 2.40. The number of aryl methyl sites for hydroxylation is 1. The van der Waals surface area contributed by atoms with Gasteiger partial charge in [0.25, 0.3) is 5.91 Å². The smallest absolute Gasteiger partial charge is 0.272 e. The Labute approximate surface area is 165 Å². The molecule has 2 atom stereocenters. The average Bonchev–Trinajstić information content (AvgIpc) is 3.21. The summed E-state index contributed by atoms with van der Waals surface area (Å²) in [5, 5.41) is 10.7. The van der Waals surface area contributed by atoms with E-state index in [9.17, 15) is 9.59 Å². The minimum Gasteiger partial charge on any atom is -0.339 e. The Morgan fingerprint density at radius 3 is 2.75 bits per heavy atom. The molecule has 0 bridgehead atoms. The van der Waals surface area contributed by atoms with Gasteiger partial charge < -0.3 is 15.5 Å². The summed E-state index contributed by atoms with van der Waals surface area (Å²) in [5.74, 6) is -0.342. The van der Waals surface area contributed by atoms with Gasteiger partial charge in [-0.05, 0) is 57.4 Å². The fourth-order valence-electron chi connectivity index (χ4n) is 3.94. The Kier molecular flexibility index (Phi) is 5.43. The van der Waals surface area contributed by atoms with Crippen molar-refractivity contribution in [3.05, 3.63) is 47.8 Å². The van der Waals surface area contributed by atoms with Gasteiger partial charge in [0.15, 0.2) is 0 Å². The Balaban J connectivity index is 1.41. The Morgan fingerprint density at radius 1 is 1.18 bits per heavy atom. The highest BCUT2D eigenvalue weighted by atomic mass is 16.2. The lowest BCUT2D eigenvalue weighted by molar-refractivity contribution is -0.121. The van der Waals surface area contributed by atoms with Gasteiger partial charge in [-0.3, -0.25) is 14.3 Å². The zero-order valence-corrected chi connectivity index (χ0v) is 16.2. The van der Waals surface area contributed by atoms with Crippen molar-refractivity contribution in [2.45, 2.75) is 44.7 Å². The second-order valence-electron chi connectivity index (χ2n) is 7.67. The van der Waals surface area contributed by atoms with Crippen molar-refractivity contribution in [3.8, 4) is 0 Å². The highest BCUT2D eigenvalue weighted by Gasteiger charge is 2.31. The molecule has 7 nitrogen and oxygen atoms in total. The van der Waals surface area contributed by atoms with Crippen LogP contribution < -0.4 is 15.5 Å². The first kappa shape index (κ1) is 18.7. The number of carbonyl (C=O) groups excluding carboxylic acids is 2. The lowest BCUT2D eigenvalue weighted by atomic mass is 10.0. The van der Waals surface area contributed by atoms with Crippen molar-refractivity contribution in [2.75, 3.05) is 24.5 Å². The quantitative estimate of drug-likeness (QED) is 0.850. The van der Waals surface area contributed by atoms with Crippen LogP contribution in [0.3, 0.4) is 0 Å². The van der Waals surface area contributed by atoms with E-state index in [0.717, 1.165) is 43.6 Å². The normalized spacial score (nSPS) is 22.9. The third kappa shape index (κ3) is 3.94. The van der Waals surface area contributed by atoms with Crippen LogP contribution in [0.25, 0.3) is 0 Å². The Bertz CT molecular complexity index is 839. The Morgan fingerprint density at radius 2 is 2.00 bits per heavy atom. The van der Waals surface area contributed by atoms with Crippen molar-refractivity contribution >= 4 is 17.5 Å². The predicted octanol–water partition coefficient (Wildman–Crippen LogP) is 2.04. The average molecular weight is 381 g/mol. The van der Waals surface area contributed by atoms with Crippen molar-refractivity contribution in [2.24, 2.45) is 0 Å². The second kappa shape index (κ2) is 8.14. The topological polar surface area (TPSA) is 79.3 Å². The van der Waals surface area contributed by atoms with Gasteiger partial charge in [-0.1, -0.05) is 17.7 Å². The third-order valence-corrected chi connectivity index (χ3v) is 5.58. The molecule has 2 unspecified atom stereocenters. The number of benzene rings is 1. The van der Waals surface area contributed by atoms with E-state index in [1.165, 1.54) is 0 Å². The number of nitrogens with zero attached hydrogens (tertiary/aromatic N) is 3. The maximum atomic E-state index is 12.9. The van der Waals surface area contributed by atoms with Gasteiger partial charge in [0, 0.05) is 25.0 Å². The standard InChI is InChI=1S/C21H27N5O2/c1-15-6-8-16(9-7-15)25-12-3-5-19(21(25)28)23-20(27)18-10-13-26(24-18)17-4-2-11-22-14-17/h6-10,13,17,19,22H,2-5,11-12,14H2,1H3,(H,23,27). The van der Waals surface area contributed by atoms with Crippen molar-refractivity contribution < 1.29 is 9.59 Å². The molecule has 7 heteroatoms. The second-order valence-corrected chi connectivity index (χ2v) is 7.67. The third-order valence-electron chi connectivity index (χ3n) is 5.58. The molecule has 2 saturated heterocycles. The number of anilines is 1. The van der Waals surface area contributed by atoms with E-state index >= 15 is 0 Å². The summed E-state index contributed by atoms with van der Waals surface area (Å²) in [6, 6.07) is 9.41. The van der Waals surface area contributed by atoms with Gasteiger partial charge in [-0.25, -0.2) is 0 Å². The first-order chi connectivity index (χ1) is 13.6. The van der Waals surface area contributed by atoms with E-state index < -0.39 is 6.04 Å². The molecule has 2 aliphatic rings. The van der Waals surface area contributed by atoms with E-state index in [0.29, 0.717) is 18.7 Å². The van der Waals surface area contributed by atoms with Crippen LogP contribution in [0.4, 0.5) is 5.69 Å². The van der Waals surface area contributed by atoms with E-state index in [1.54, 1.807) is 11.0 Å². The van der Waals surface area contributed by atoms with Gasteiger partial charge in [0.05, 0.1) is 6.04 Å². The van der Waals surface area contributed by atoms with Gasteiger partial charge in [0.2, 0.25) is 5.91 Å². The molecule has 2 N–H and O–H groups in total. The molecule has 0 spiro atoms. The van der Waals surface area contributed by atoms with Crippen LogP contribution >= 0.6 is 0 Å². The molecule has 2 fully saturated rings. The number of piperidine rings is 2. The molecular weight excluding hydrogens is 354 g/mol. The largest absolute Gasteiger partial charge is 0.339 e. The molecule has 1 aromatic carbocycles. The van der Waals surface area contributed by atoms with E-state index in [2.05, 4.69) is 15.7 Å². The molecule has 1 aromatic heterocycles. The minimum absolute atomic E-state index is 0.0561. The van der Waals surface area contributed by atoms with Crippen molar-refractivity contribution in [1.29, 1.82) is 0 Å². The number of aromatic nitrogens is 2. The molecular formula is C21H27N5O2. The van der Waals surface area contributed by atoms with Crippen LogP contribution in [0, 0.1) is 6.92 Å². The molecule has 0 radical (unpaired) electrons. The zero-order valence-electron chi connectivity index (χ0n) is 16.2. The molecule has 2 aliphatic heterocycles. The summed E-state index contributed by atoms with van der Waals surface area (Å²) in [4.78, 5) is 27.3. The number of amides is 2. The van der Waals surface area contributed by atoms with Crippen molar-refractivity contribution in [1.82, 2.24) is 20.4 Å². The number of hydrogen-bond donors (Lipinski definition) is 2. The van der Waals surface area contributed by atoms with Crippen LogP contribution in [0.15, 0.2) is 36.5 Å². The first-order valence-electron chi connectivity index (χ1n) is 10.1. The predicted molar refractivity (Wildman–Crippen MR) is 107 cm³/mol. The van der Waals surface area contributed by atoms with Crippen LogP contribution in [-0.4, -0.2) is 47.3 Å². The lowest BCUT2D eigenvalue weighted by Crippen LogP contribution is -2.52. The molecule has 0 aliphatic carbocycles. The van der Waals surface area contributed by atoms with Crippen LogP contribution in [0.1, 0.15) is 47.8 Å². The van der Waals surface area contributed by atoms with Crippen LogP contribution in [0.5, 0.6) is 0 Å². The molecule has 0 saturated carbocycles. The molecule has 4 rings (SSSR count). The Hall–Kier alpha value is -2.67. The monoisotopic (exact) mass is 381 g/mol. The summed E-state index contributed by atoms with van der Waals surface area (Å²) in [6.45, 7) is 4.60. The first-order valence-corrected chi connectivity index (χ1v) is 10.1. The number of rotatable bonds is 4. The number of nitrogens with one attached hydrogen (secondary N) is 2. The van der Waals surface area contributed by atoms with Crippen molar-refractivity contribution in [3.63, 3.8) is 0 Å². The zero-order chi connectivity index (χ0) is 19.5. The summed E-state index contributed by atoms with van der Waals surface area (Å²) < 4.78 is 1.86.